The zero-order valence-corrected chi connectivity index (χ0v) is 16.0. The number of nitrogens with zero attached hydrogens (tertiary/aromatic N) is 2. The third kappa shape index (κ3) is 5.07. The molecular weight excluding hydrogens is 372 g/mol. The van der Waals surface area contributed by atoms with Gasteiger partial charge in [-0.05, 0) is 37.3 Å². The molecule has 29 heavy (non-hydrogen) atoms. The van der Waals surface area contributed by atoms with E-state index in [4.69, 9.17) is 4.74 Å². The third-order valence-electron chi connectivity index (χ3n) is 3.88. The standard InChI is InChI=1S/C21H20N4O4/c1-3-29-18-10-5-4-9-16(18)25-19-13-22-17(12-23-19)20(26)24-15-8-6-7-14(11-15)21(27)28-2/h4-13H,3H2,1-2H3,(H,23,25)(H,24,26). The predicted molar refractivity (Wildman–Crippen MR) is 109 cm³/mol. The van der Waals surface area contributed by atoms with Gasteiger partial charge in [0.15, 0.2) is 0 Å². The van der Waals surface area contributed by atoms with Crippen molar-refractivity contribution in [3.05, 3.63) is 72.2 Å². The van der Waals surface area contributed by atoms with E-state index in [-0.39, 0.29) is 5.69 Å². The maximum atomic E-state index is 12.4. The minimum absolute atomic E-state index is 0.136. The zero-order valence-electron chi connectivity index (χ0n) is 16.0. The monoisotopic (exact) mass is 392 g/mol. The van der Waals surface area contributed by atoms with Crippen LogP contribution in [0.4, 0.5) is 17.2 Å². The van der Waals surface area contributed by atoms with Gasteiger partial charge < -0.3 is 20.1 Å². The van der Waals surface area contributed by atoms with Gasteiger partial charge in [-0.2, -0.15) is 0 Å². The molecule has 0 fully saturated rings. The molecule has 148 valence electrons. The van der Waals surface area contributed by atoms with E-state index >= 15 is 0 Å². The summed E-state index contributed by atoms with van der Waals surface area (Å²) in [5.74, 6) is 0.245. The Morgan fingerprint density at radius 2 is 1.86 bits per heavy atom. The molecule has 0 spiro atoms. The predicted octanol–water partition coefficient (Wildman–Crippen LogP) is 3.66. The van der Waals surface area contributed by atoms with E-state index in [1.807, 2.05) is 31.2 Å². The molecule has 3 rings (SSSR count). The number of methoxy groups -OCH3 is 1. The van der Waals surface area contributed by atoms with Crippen molar-refractivity contribution in [3.8, 4) is 5.75 Å². The maximum Gasteiger partial charge on any atom is 0.337 e. The van der Waals surface area contributed by atoms with Crippen molar-refractivity contribution in [1.29, 1.82) is 0 Å². The van der Waals surface area contributed by atoms with Crippen LogP contribution in [0.25, 0.3) is 0 Å². The highest BCUT2D eigenvalue weighted by Crippen LogP contribution is 2.26. The van der Waals surface area contributed by atoms with Gasteiger partial charge in [0.1, 0.15) is 17.3 Å². The number of hydrogen-bond acceptors (Lipinski definition) is 7. The van der Waals surface area contributed by atoms with Crippen molar-refractivity contribution < 1.29 is 19.1 Å². The van der Waals surface area contributed by atoms with Gasteiger partial charge in [0.05, 0.1) is 37.4 Å². The van der Waals surface area contributed by atoms with Crippen molar-refractivity contribution in [2.75, 3.05) is 24.4 Å². The highest BCUT2D eigenvalue weighted by Gasteiger charge is 2.11. The Hall–Kier alpha value is -3.94. The number of benzene rings is 2. The quantitative estimate of drug-likeness (QED) is 0.592. The van der Waals surface area contributed by atoms with E-state index < -0.39 is 11.9 Å². The Morgan fingerprint density at radius 3 is 2.59 bits per heavy atom. The summed E-state index contributed by atoms with van der Waals surface area (Å²) in [6.45, 7) is 2.45. The lowest BCUT2D eigenvalue weighted by molar-refractivity contribution is 0.0600. The summed E-state index contributed by atoms with van der Waals surface area (Å²) in [7, 11) is 1.30. The number of nitrogens with one attached hydrogen (secondary N) is 2. The molecule has 8 heteroatoms. The molecule has 0 atom stereocenters. The topological polar surface area (TPSA) is 102 Å². The molecule has 2 aromatic carbocycles. The summed E-state index contributed by atoms with van der Waals surface area (Å²) in [6, 6.07) is 13.9. The first-order valence-electron chi connectivity index (χ1n) is 8.91. The molecule has 1 amide bonds. The number of para-hydroxylation sites is 2. The van der Waals surface area contributed by atoms with Crippen LogP contribution in [0.15, 0.2) is 60.9 Å². The van der Waals surface area contributed by atoms with Crippen LogP contribution in [0.3, 0.4) is 0 Å². The second-order valence-electron chi connectivity index (χ2n) is 5.87. The molecule has 3 aromatic rings. The smallest absolute Gasteiger partial charge is 0.337 e. The first kappa shape index (κ1) is 19.8. The van der Waals surface area contributed by atoms with Gasteiger partial charge in [-0.3, -0.25) is 4.79 Å². The van der Waals surface area contributed by atoms with Crippen LogP contribution in [0.2, 0.25) is 0 Å². The van der Waals surface area contributed by atoms with E-state index in [1.165, 1.54) is 25.6 Å². The number of hydrogen-bond donors (Lipinski definition) is 2. The van der Waals surface area contributed by atoms with E-state index in [0.29, 0.717) is 29.4 Å². The summed E-state index contributed by atoms with van der Waals surface area (Å²) in [5.41, 5.74) is 1.68. The minimum atomic E-state index is -0.483. The Kier molecular flexibility index (Phi) is 6.36. The fourth-order valence-corrected chi connectivity index (χ4v) is 2.54. The van der Waals surface area contributed by atoms with Crippen molar-refractivity contribution in [1.82, 2.24) is 9.97 Å². The third-order valence-corrected chi connectivity index (χ3v) is 3.88. The Morgan fingerprint density at radius 1 is 1.03 bits per heavy atom. The van der Waals surface area contributed by atoms with Gasteiger partial charge in [0, 0.05) is 5.69 Å². The van der Waals surface area contributed by atoms with E-state index in [1.54, 1.807) is 18.2 Å². The average Bonchev–Trinajstić information content (AvgIpc) is 2.75. The lowest BCUT2D eigenvalue weighted by Crippen LogP contribution is -2.15. The number of rotatable bonds is 7. The normalized spacial score (nSPS) is 10.1. The van der Waals surface area contributed by atoms with E-state index in [0.717, 1.165) is 5.69 Å². The van der Waals surface area contributed by atoms with Crippen LogP contribution >= 0.6 is 0 Å². The Bertz CT molecular complexity index is 1010. The van der Waals surface area contributed by atoms with Crippen molar-refractivity contribution >= 4 is 29.1 Å². The summed E-state index contributed by atoms with van der Waals surface area (Å²) in [6.07, 6.45) is 2.83. The van der Waals surface area contributed by atoms with Crippen molar-refractivity contribution in [3.63, 3.8) is 0 Å². The van der Waals surface area contributed by atoms with E-state index in [9.17, 15) is 9.59 Å². The number of esters is 1. The zero-order chi connectivity index (χ0) is 20.6. The van der Waals surface area contributed by atoms with E-state index in [2.05, 4.69) is 25.3 Å². The number of anilines is 3. The van der Waals surface area contributed by atoms with Crippen LogP contribution in [-0.2, 0) is 4.74 Å². The van der Waals surface area contributed by atoms with Gasteiger partial charge >= 0.3 is 5.97 Å². The first-order chi connectivity index (χ1) is 14.1. The molecule has 0 radical (unpaired) electrons. The number of ether oxygens (including phenoxy) is 2. The molecule has 0 saturated heterocycles. The Balaban J connectivity index is 1.69. The van der Waals surface area contributed by atoms with Gasteiger partial charge in [-0.25, -0.2) is 14.8 Å². The van der Waals surface area contributed by atoms with Gasteiger partial charge in [-0.1, -0.05) is 18.2 Å². The average molecular weight is 392 g/mol. The van der Waals surface area contributed by atoms with Crippen molar-refractivity contribution in [2.45, 2.75) is 6.92 Å². The molecule has 0 bridgehead atoms. The molecule has 0 aliphatic rings. The minimum Gasteiger partial charge on any atom is -0.492 e. The first-order valence-corrected chi connectivity index (χ1v) is 8.91. The Labute approximate surface area is 167 Å². The molecule has 8 nitrogen and oxygen atoms in total. The van der Waals surface area contributed by atoms with Gasteiger partial charge in [-0.15, -0.1) is 0 Å². The summed E-state index contributed by atoms with van der Waals surface area (Å²) < 4.78 is 10.2. The molecule has 2 N–H and O–H groups in total. The number of amides is 1. The highest BCUT2D eigenvalue weighted by molar-refractivity contribution is 6.03. The summed E-state index contributed by atoms with van der Waals surface area (Å²) in [5, 5.41) is 5.80. The molecule has 1 heterocycles. The fourth-order valence-electron chi connectivity index (χ4n) is 2.54. The SMILES string of the molecule is CCOc1ccccc1Nc1cnc(C(=O)Nc2cccc(C(=O)OC)c2)cn1. The second-order valence-corrected chi connectivity index (χ2v) is 5.87. The van der Waals surface area contributed by atoms with Crippen LogP contribution in [0, 0.1) is 0 Å². The second kappa shape index (κ2) is 9.32. The summed E-state index contributed by atoms with van der Waals surface area (Å²) in [4.78, 5) is 32.4. The summed E-state index contributed by atoms with van der Waals surface area (Å²) >= 11 is 0. The maximum absolute atomic E-state index is 12.4. The number of carbonyl (C=O) groups excluding carboxylic acids is 2. The largest absolute Gasteiger partial charge is 0.492 e. The lowest BCUT2D eigenvalue weighted by Gasteiger charge is -2.11. The van der Waals surface area contributed by atoms with Crippen LogP contribution in [0.5, 0.6) is 5.75 Å². The highest BCUT2D eigenvalue weighted by atomic mass is 16.5. The molecular formula is C21H20N4O4. The molecule has 0 aliphatic carbocycles. The molecule has 0 saturated carbocycles. The van der Waals surface area contributed by atoms with Crippen LogP contribution in [0.1, 0.15) is 27.8 Å². The lowest BCUT2D eigenvalue weighted by atomic mass is 10.2. The van der Waals surface area contributed by atoms with Crippen LogP contribution < -0.4 is 15.4 Å². The number of aromatic nitrogens is 2. The molecule has 0 aliphatic heterocycles. The van der Waals surface area contributed by atoms with Gasteiger partial charge in [0.25, 0.3) is 5.91 Å². The molecule has 0 unspecified atom stereocenters. The van der Waals surface area contributed by atoms with Gasteiger partial charge in [0.2, 0.25) is 0 Å². The molecule has 1 aromatic heterocycles. The number of carbonyl (C=O) groups is 2. The van der Waals surface area contributed by atoms with Crippen LogP contribution in [-0.4, -0.2) is 35.6 Å². The van der Waals surface area contributed by atoms with Crippen molar-refractivity contribution in [2.24, 2.45) is 0 Å². The fraction of sp³-hybridized carbons (Fsp3) is 0.143.